The summed E-state index contributed by atoms with van der Waals surface area (Å²) in [7, 11) is 5.37. The van der Waals surface area contributed by atoms with Gasteiger partial charge in [0.15, 0.2) is 0 Å². The number of anilines is 2. The molecule has 94 valence electrons. The number of ether oxygens (including phenoxy) is 2. The molecule has 3 heteroatoms. The summed E-state index contributed by atoms with van der Waals surface area (Å²) in [5.41, 5.74) is 2.22. The predicted octanol–water partition coefficient (Wildman–Crippen LogP) is 3.47. The van der Waals surface area contributed by atoms with Gasteiger partial charge in [-0.15, -0.1) is 0 Å². The van der Waals surface area contributed by atoms with Crippen molar-refractivity contribution in [1.82, 2.24) is 0 Å². The molecule has 0 bridgehead atoms. The van der Waals surface area contributed by atoms with Crippen LogP contribution in [0.5, 0.6) is 11.5 Å². The number of benzene rings is 2. The highest BCUT2D eigenvalue weighted by Gasteiger charge is 2.04. The first-order chi connectivity index (χ1) is 8.74. The summed E-state index contributed by atoms with van der Waals surface area (Å²) in [5, 5.41) is 0. The van der Waals surface area contributed by atoms with Crippen LogP contribution < -0.4 is 14.4 Å². The number of methoxy groups -OCH3 is 2. The van der Waals surface area contributed by atoms with Crippen molar-refractivity contribution in [2.24, 2.45) is 0 Å². The van der Waals surface area contributed by atoms with Crippen LogP contribution in [0.3, 0.4) is 0 Å². The summed E-state index contributed by atoms with van der Waals surface area (Å²) in [6.45, 7) is 0. The predicted molar refractivity (Wildman–Crippen MR) is 74.1 cm³/mol. The molecule has 0 fully saturated rings. The third kappa shape index (κ3) is 2.56. The van der Waals surface area contributed by atoms with Crippen LogP contribution in [0.1, 0.15) is 0 Å². The molecule has 0 aliphatic rings. The molecule has 0 aliphatic heterocycles. The van der Waals surface area contributed by atoms with Crippen molar-refractivity contribution in [2.75, 3.05) is 26.2 Å². The van der Waals surface area contributed by atoms with Crippen LogP contribution in [-0.2, 0) is 0 Å². The molecule has 2 aromatic carbocycles. The first kappa shape index (κ1) is 12.3. The summed E-state index contributed by atoms with van der Waals surface area (Å²) in [5.74, 6) is 1.73. The Hall–Kier alpha value is -2.16. The maximum atomic E-state index is 5.15. The Labute approximate surface area is 108 Å². The second-order valence-electron chi connectivity index (χ2n) is 3.96. The smallest absolute Gasteiger partial charge is 0.119 e. The Morgan fingerprint density at radius 1 is 0.667 bits per heavy atom. The molecule has 0 N–H and O–H groups in total. The minimum Gasteiger partial charge on any atom is -0.497 e. The minimum atomic E-state index is 0.863. The SMILES string of the molecule is COc1ccc(N(C)c2ccc(OC)cc2)cc1. The van der Waals surface area contributed by atoms with Gasteiger partial charge in [0.1, 0.15) is 11.5 Å². The second kappa shape index (κ2) is 5.45. The van der Waals surface area contributed by atoms with E-state index in [0.29, 0.717) is 0 Å². The van der Waals surface area contributed by atoms with Crippen molar-refractivity contribution in [2.45, 2.75) is 0 Å². The van der Waals surface area contributed by atoms with E-state index in [9.17, 15) is 0 Å². The minimum absolute atomic E-state index is 0.863. The average molecular weight is 243 g/mol. The number of hydrogen-bond acceptors (Lipinski definition) is 3. The van der Waals surface area contributed by atoms with E-state index >= 15 is 0 Å². The van der Waals surface area contributed by atoms with E-state index in [4.69, 9.17) is 9.47 Å². The number of hydrogen-bond donors (Lipinski definition) is 0. The largest absolute Gasteiger partial charge is 0.497 e. The zero-order valence-electron chi connectivity index (χ0n) is 10.9. The van der Waals surface area contributed by atoms with E-state index in [1.54, 1.807) is 14.2 Å². The van der Waals surface area contributed by atoms with Crippen molar-refractivity contribution >= 4 is 11.4 Å². The van der Waals surface area contributed by atoms with Crippen LogP contribution >= 0.6 is 0 Å². The zero-order chi connectivity index (χ0) is 13.0. The van der Waals surface area contributed by atoms with Crippen LogP contribution in [0.15, 0.2) is 48.5 Å². The average Bonchev–Trinajstić information content (AvgIpc) is 2.47. The van der Waals surface area contributed by atoms with Crippen molar-refractivity contribution in [3.05, 3.63) is 48.5 Å². The molecule has 0 atom stereocenters. The van der Waals surface area contributed by atoms with Crippen LogP contribution in [0.25, 0.3) is 0 Å². The fraction of sp³-hybridized carbons (Fsp3) is 0.200. The molecule has 0 amide bonds. The normalized spacial score (nSPS) is 9.94. The highest BCUT2D eigenvalue weighted by molar-refractivity contribution is 5.63. The van der Waals surface area contributed by atoms with Gasteiger partial charge in [0.25, 0.3) is 0 Å². The summed E-state index contributed by atoms with van der Waals surface area (Å²) in [6.07, 6.45) is 0. The Bertz CT molecular complexity index is 443. The van der Waals surface area contributed by atoms with Gasteiger partial charge in [0.2, 0.25) is 0 Å². The molecule has 2 rings (SSSR count). The van der Waals surface area contributed by atoms with Gasteiger partial charge in [-0.25, -0.2) is 0 Å². The molecule has 0 saturated carbocycles. The molecule has 2 aromatic rings. The van der Waals surface area contributed by atoms with Gasteiger partial charge in [-0.3, -0.25) is 0 Å². The van der Waals surface area contributed by atoms with E-state index in [2.05, 4.69) is 4.90 Å². The van der Waals surface area contributed by atoms with Gasteiger partial charge >= 0.3 is 0 Å². The van der Waals surface area contributed by atoms with Gasteiger partial charge in [0.05, 0.1) is 14.2 Å². The molecular formula is C15H17NO2. The molecular weight excluding hydrogens is 226 g/mol. The molecule has 3 nitrogen and oxygen atoms in total. The molecule has 0 unspecified atom stereocenters. The van der Waals surface area contributed by atoms with Gasteiger partial charge in [-0.2, -0.15) is 0 Å². The van der Waals surface area contributed by atoms with Crippen molar-refractivity contribution in [3.63, 3.8) is 0 Å². The van der Waals surface area contributed by atoms with Crippen LogP contribution in [-0.4, -0.2) is 21.3 Å². The topological polar surface area (TPSA) is 21.7 Å². The standard InChI is InChI=1S/C15H17NO2/c1-16(12-4-8-14(17-2)9-5-12)13-6-10-15(18-3)11-7-13/h4-11H,1-3H3. The Morgan fingerprint density at radius 3 is 1.28 bits per heavy atom. The lowest BCUT2D eigenvalue weighted by Gasteiger charge is -2.20. The lowest BCUT2D eigenvalue weighted by Crippen LogP contribution is -2.08. The fourth-order valence-electron chi connectivity index (χ4n) is 1.76. The van der Waals surface area contributed by atoms with Crippen molar-refractivity contribution < 1.29 is 9.47 Å². The van der Waals surface area contributed by atoms with Gasteiger partial charge < -0.3 is 14.4 Å². The molecule has 18 heavy (non-hydrogen) atoms. The Balaban J connectivity index is 2.20. The van der Waals surface area contributed by atoms with Gasteiger partial charge in [-0.1, -0.05) is 0 Å². The van der Waals surface area contributed by atoms with Crippen LogP contribution in [0, 0.1) is 0 Å². The first-order valence-corrected chi connectivity index (χ1v) is 5.76. The monoisotopic (exact) mass is 243 g/mol. The summed E-state index contributed by atoms with van der Waals surface area (Å²) in [4.78, 5) is 2.11. The summed E-state index contributed by atoms with van der Waals surface area (Å²) in [6, 6.07) is 15.9. The zero-order valence-corrected chi connectivity index (χ0v) is 10.9. The molecule has 0 aliphatic carbocycles. The number of nitrogens with zero attached hydrogens (tertiary/aromatic N) is 1. The van der Waals surface area contributed by atoms with Crippen LogP contribution in [0.2, 0.25) is 0 Å². The lowest BCUT2D eigenvalue weighted by atomic mass is 10.2. The van der Waals surface area contributed by atoms with Crippen molar-refractivity contribution in [1.29, 1.82) is 0 Å². The molecule has 0 heterocycles. The summed E-state index contributed by atoms with van der Waals surface area (Å²) < 4.78 is 10.3. The third-order valence-electron chi connectivity index (χ3n) is 2.92. The maximum absolute atomic E-state index is 5.15. The molecule has 0 radical (unpaired) electrons. The highest BCUT2D eigenvalue weighted by Crippen LogP contribution is 2.26. The van der Waals surface area contributed by atoms with E-state index < -0.39 is 0 Å². The number of rotatable bonds is 4. The molecule has 0 spiro atoms. The Morgan fingerprint density at radius 2 is 1.00 bits per heavy atom. The second-order valence-corrected chi connectivity index (χ2v) is 3.96. The van der Waals surface area contributed by atoms with E-state index in [0.717, 1.165) is 22.9 Å². The lowest BCUT2D eigenvalue weighted by molar-refractivity contribution is 0.415. The quantitative estimate of drug-likeness (QED) is 0.820. The van der Waals surface area contributed by atoms with E-state index in [1.807, 2.05) is 55.6 Å². The summed E-state index contributed by atoms with van der Waals surface area (Å²) >= 11 is 0. The van der Waals surface area contributed by atoms with E-state index in [-0.39, 0.29) is 0 Å². The fourth-order valence-corrected chi connectivity index (χ4v) is 1.76. The maximum Gasteiger partial charge on any atom is 0.119 e. The molecule has 0 saturated heterocycles. The third-order valence-corrected chi connectivity index (χ3v) is 2.92. The van der Waals surface area contributed by atoms with Crippen molar-refractivity contribution in [3.8, 4) is 11.5 Å². The highest BCUT2D eigenvalue weighted by atomic mass is 16.5. The van der Waals surface area contributed by atoms with E-state index in [1.165, 1.54) is 0 Å². The molecule has 0 aromatic heterocycles. The van der Waals surface area contributed by atoms with Crippen LogP contribution in [0.4, 0.5) is 11.4 Å². The van der Waals surface area contributed by atoms with Gasteiger partial charge in [-0.05, 0) is 48.5 Å². The Kier molecular flexibility index (Phi) is 3.72. The van der Waals surface area contributed by atoms with Gasteiger partial charge in [0, 0.05) is 18.4 Å². The first-order valence-electron chi connectivity index (χ1n) is 5.76.